The minimum absolute atomic E-state index is 0.0102. The number of benzene rings is 2. The maximum absolute atomic E-state index is 12.7. The van der Waals surface area contributed by atoms with Crippen molar-refractivity contribution in [1.29, 1.82) is 0 Å². The van der Waals surface area contributed by atoms with Gasteiger partial charge in [0.05, 0.1) is 12.2 Å². The molecule has 0 bridgehead atoms. The number of amides is 1. The summed E-state index contributed by atoms with van der Waals surface area (Å²) < 4.78 is 5.59. The topological polar surface area (TPSA) is 32.8 Å². The summed E-state index contributed by atoms with van der Waals surface area (Å²) in [4.78, 5) is 16.5. The number of carbonyl (C=O) groups excluding carboxylic acids is 1. The van der Waals surface area contributed by atoms with Gasteiger partial charge in [0, 0.05) is 25.3 Å². The summed E-state index contributed by atoms with van der Waals surface area (Å²) in [5.41, 5.74) is 2.61. The number of para-hydroxylation sites is 2. The van der Waals surface area contributed by atoms with Gasteiger partial charge in [-0.3, -0.25) is 4.79 Å². The molecule has 1 aliphatic rings. The van der Waals surface area contributed by atoms with Crippen LogP contribution in [0.1, 0.15) is 10.4 Å². The van der Waals surface area contributed by atoms with Gasteiger partial charge >= 0.3 is 0 Å². The smallest absolute Gasteiger partial charge is 0.258 e. The summed E-state index contributed by atoms with van der Waals surface area (Å²) in [7, 11) is 3.96. The van der Waals surface area contributed by atoms with Crippen LogP contribution in [0.15, 0.2) is 48.5 Å². The van der Waals surface area contributed by atoms with Crippen LogP contribution in [-0.2, 0) is 0 Å². The molecule has 1 amide bonds. The van der Waals surface area contributed by atoms with Crippen molar-refractivity contribution in [3.63, 3.8) is 0 Å². The van der Waals surface area contributed by atoms with E-state index in [1.165, 1.54) is 0 Å². The van der Waals surface area contributed by atoms with Crippen LogP contribution in [0.4, 0.5) is 11.4 Å². The van der Waals surface area contributed by atoms with Crippen molar-refractivity contribution in [2.75, 3.05) is 37.0 Å². The summed E-state index contributed by atoms with van der Waals surface area (Å²) in [6, 6.07) is 15.3. The lowest BCUT2D eigenvalue weighted by atomic mass is 10.1. The average Bonchev–Trinajstić information content (AvgIpc) is 2.53. The van der Waals surface area contributed by atoms with Gasteiger partial charge in [-0.2, -0.15) is 0 Å². The highest BCUT2D eigenvalue weighted by Crippen LogP contribution is 2.32. The van der Waals surface area contributed by atoms with E-state index in [2.05, 4.69) is 0 Å². The molecule has 2 aromatic carbocycles. The highest BCUT2D eigenvalue weighted by atomic mass is 16.5. The van der Waals surface area contributed by atoms with E-state index in [1.54, 1.807) is 4.90 Å². The van der Waals surface area contributed by atoms with Crippen molar-refractivity contribution in [2.24, 2.45) is 0 Å². The summed E-state index contributed by atoms with van der Waals surface area (Å²) in [5.74, 6) is 0.776. The molecule has 1 heterocycles. The third kappa shape index (κ3) is 2.57. The predicted octanol–water partition coefficient (Wildman–Crippen LogP) is 2.79. The molecule has 0 fully saturated rings. The Balaban J connectivity index is 1.89. The van der Waals surface area contributed by atoms with Gasteiger partial charge in [0.2, 0.25) is 0 Å². The quantitative estimate of drug-likeness (QED) is 0.849. The molecule has 0 N–H and O–H groups in total. The first-order valence-corrected chi connectivity index (χ1v) is 6.98. The van der Waals surface area contributed by atoms with Crippen LogP contribution < -0.4 is 14.5 Å². The van der Waals surface area contributed by atoms with Gasteiger partial charge in [-0.05, 0) is 36.4 Å². The van der Waals surface area contributed by atoms with Gasteiger partial charge < -0.3 is 14.5 Å². The van der Waals surface area contributed by atoms with E-state index in [-0.39, 0.29) is 5.91 Å². The van der Waals surface area contributed by atoms with Crippen LogP contribution in [0.3, 0.4) is 0 Å². The Hall–Kier alpha value is -2.49. The summed E-state index contributed by atoms with van der Waals surface area (Å²) in [6.07, 6.45) is 0. The summed E-state index contributed by atoms with van der Waals surface area (Å²) in [5, 5.41) is 0. The first-order chi connectivity index (χ1) is 10.2. The Morgan fingerprint density at radius 2 is 1.81 bits per heavy atom. The number of anilines is 2. The molecule has 1 aliphatic heterocycles. The van der Waals surface area contributed by atoms with Crippen molar-refractivity contribution in [3.05, 3.63) is 54.1 Å². The maximum Gasteiger partial charge on any atom is 0.258 e. The van der Waals surface area contributed by atoms with Crippen LogP contribution in [0, 0.1) is 0 Å². The molecule has 21 heavy (non-hydrogen) atoms. The molecule has 3 rings (SSSR count). The fraction of sp³-hybridized carbons (Fsp3) is 0.235. The Morgan fingerprint density at radius 3 is 2.52 bits per heavy atom. The van der Waals surface area contributed by atoms with Gasteiger partial charge in [0.25, 0.3) is 5.91 Å². The monoisotopic (exact) mass is 282 g/mol. The minimum atomic E-state index is 0.0102. The highest BCUT2D eigenvalue weighted by molar-refractivity contribution is 6.07. The molecule has 0 saturated carbocycles. The predicted molar refractivity (Wildman–Crippen MR) is 84.4 cm³/mol. The first-order valence-electron chi connectivity index (χ1n) is 6.98. The lowest BCUT2D eigenvalue weighted by molar-refractivity contribution is 0.0976. The number of nitrogens with zero attached hydrogens (tertiary/aromatic N) is 2. The van der Waals surface area contributed by atoms with Crippen molar-refractivity contribution in [1.82, 2.24) is 0 Å². The molecule has 0 saturated heterocycles. The highest BCUT2D eigenvalue weighted by Gasteiger charge is 2.24. The van der Waals surface area contributed by atoms with Gasteiger partial charge in [-0.1, -0.05) is 12.1 Å². The maximum atomic E-state index is 12.7. The fourth-order valence-corrected chi connectivity index (χ4v) is 2.44. The normalized spacial score (nSPS) is 13.3. The second-order valence-electron chi connectivity index (χ2n) is 5.21. The molecule has 0 unspecified atom stereocenters. The third-order valence-electron chi connectivity index (χ3n) is 3.60. The van der Waals surface area contributed by atoms with E-state index in [9.17, 15) is 4.79 Å². The molecule has 4 nitrogen and oxygen atoms in total. The Morgan fingerprint density at radius 1 is 1.10 bits per heavy atom. The Labute approximate surface area is 124 Å². The lowest BCUT2D eigenvalue weighted by Gasteiger charge is -2.29. The van der Waals surface area contributed by atoms with Crippen LogP contribution in [0.25, 0.3) is 0 Å². The van der Waals surface area contributed by atoms with Crippen molar-refractivity contribution < 1.29 is 9.53 Å². The molecular formula is C17H18N2O2. The molecule has 108 valence electrons. The Kier molecular flexibility index (Phi) is 3.52. The minimum Gasteiger partial charge on any atom is -0.490 e. The van der Waals surface area contributed by atoms with E-state index in [0.29, 0.717) is 18.7 Å². The number of ether oxygens (including phenoxy) is 1. The molecule has 0 spiro atoms. The zero-order valence-electron chi connectivity index (χ0n) is 12.2. The molecular weight excluding hydrogens is 264 g/mol. The van der Waals surface area contributed by atoms with Gasteiger partial charge in [0.15, 0.2) is 0 Å². The van der Waals surface area contributed by atoms with E-state index in [4.69, 9.17) is 4.74 Å². The number of fused-ring (bicyclic) bond motifs is 1. The molecule has 0 radical (unpaired) electrons. The second-order valence-corrected chi connectivity index (χ2v) is 5.21. The van der Waals surface area contributed by atoms with Crippen molar-refractivity contribution in [2.45, 2.75) is 0 Å². The van der Waals surface area contributed by atoms with Crippen LogP contribution in [-0.4, -0.2) is 33.2 Å². The second kappa shape index (κ2) is 5.48. The molecule has 4 heteroatoms. The lowest BCUT2D eigenvalue weighted by Crippen LogP contribution is -2.37. The molecule has 0 aliphatic carbocycles. The SMILES string of the molecule is CN(C)c1ccc(C(=O)N2CCOc3ccccc32)cc1. The Bertz CT molecular complexity index is 650. The average molecular weight is 282 g/mol. The molecule has 2 aromatic rings. The number of hydrogen-bond acceptors (Lipinski definition) is 3. The van der Waals surface area contributed by atoms with E-state index < -0.39 is 0 Å². The molecule has 0 aromatic heterocycles. The van der Waals surface area contributed by atoms with Crippen LogP contribution in [0.5, 0.6) is 5.75 Å². The van der Waals surface area contributed by atoms with E-state index >= 15 is 0 Å². The number of carbonyl (C=O) groups is 1. The first kappa shape index (κ1) is 13.5. The fourth-order valence-electron chi connectivity index (χ4n) is 2.44. The van der Waals surface area contributed by atoms with Crippen LogP contribution >= 0.6 is 0 Å². The summed E-state index contributed by atoms with van der Waals surface area (Å²) >= 11 is 0. The zero-order valence-corrected chi connectivity index (χ0v) is 12.2. The number of rotatable bonds is 2. The zero-order chi connectivity index (χ0) is 14.8. The van der Waals surface area contributed by atoms with Gasteiger partial charge in [-0.25, -0.2) is 0 Å². The van der Waals surface area contributed by atoms with Crippen LogP contribution in [0.2, 0.25) is 0 Å². The molecule has 0 atom stereocenters. The standard InChI is InChI=1S/C17H18N2O2/c1-18(2)14-9-7-13(8-10-14)17(20)19-11-12-21-16-6-4-3-5-15(16)19/h3-10H,11-12H2,1-2H3. The van der Waals surface area contributed by atoms with E-state index in [1.807, 2.05) is 67.5 Å². The third-order valence-corrected chi connectivity index (χ3v) is 3.60. The summed E-state index contributed by atoms with van der Waals surface area (Å²) in [6.45, 7) is 1.10. The van der Waals surface area contributed by atoms with Gasteiger partial charge in [0.1, 0.15) is 12.4 Å². The van der Waals surface area contributed by atoms with Crippen molar-refractivity contribution in [3.8, 4) is 5.75 Å². The van der Waals surface area contributed by atoms with E-state index in [0.717, 1.165) is 17.1 Å². The van der Waals surface area contributed by atoms with Gasteiger partial charge in [-0.15, -0.1) is 0 Å². The largest absolute Gasteiger partial charge is 0.490 e. The number of hydrogen-bond donors (Lipinski definition) is 0. The van der Waals surface area contributed by atoms with Crippen molar-refractivity contribution >= 4 is 17.3 Å².